The molecule has 0 radical (unpaired) electrons. The van der Waals surface area contributed by atoms with Crippen molar-refractivity contribution in [3.63, 3.8) is 0 Å². The van der Waals surface area contributed by atoms with Gasteiger partial charge in [0.05, 0.1) is 35.6 Å². The minimum Gasteiger partial charge on any atom is -0.508 e. The number of phenolic OH excluding ortho intramolecular Hbond substituents is 2. The number of hydrogen-bond donors (Lipinski definition) is 6. The number of amides is 1. The zero-order valence-corrected chi connectivity index (χ0v) is 24.5. The first-order chi connectivity index (χ1) is 21.3. The number of aliphatic hydroxyl groups is 2. The Kier molecular flexibility index (Phi) is 10.2. The van der Waals surface area contributed by atoms with Crippen LogP contribution < -0.4 is 5.32 Å². The number of nitrogens with zero attached hydrogens (tertiary/aromatic N) is 1. The molecule has 12 heteroatoms. The maximum atomic E-state index is 14.7. The number of halogens is 3. The maximum Gasteiger partial charge on any atom is 0.305 e. The zero-order valence-electron chi connectivity index (χ0n) is 24.5. The predicted molar refractivity (Wildman–Crippen MR) is 160 cm³/mol. The SMILES string of the molecule is CC(C)c1c(C(=O)Nc2ccc(O)cc2O)c(-c2ccc(F)cc2)c(-c2ccc(F)c(F)c2)n1CCC(O)CC(O)CC(=O)O. The third kappa shape index (κ3) is 7.65. The van der Waals surface area contributed by atoms with Crippen LogP contribution in [-0.4, -0.2) is 54.2 Å². The van der Waals surface area contributed by atoms with Gasteiger partial charge in [-0.3, -0.25) is 9.59 Å². The van der Waals surface area contributed by atoms with E-state index >= 15 is 0 Å². The van der Waals surface area contributed by atoms with E-state index in [0.717, 1.165) is 18.2 Å². The number of aliphatic carboxylic acids is 1. The van der Waals surface area contributed by atoms with Crippen molar-refractivity contribution in [2.75, 3.05) is 5.32 Å². The van der Waals surface area contributed by atoms with Crippen LogP contribution in [0.15, 0.2) is 60.7 Å². The van der Waals surface area contributed by atoms with Crippen molar-refractivity contribution in [2.24, 2.45) is 0 Å². The van der Waals surface area contributed by atoms with E-state index in [-0.39, 0.29) is 53.2 Å². The number of carboxylic acids is 1. The summed E-state index contributed by atoms with van der Waals surface area (Å²) >= 11 is 0. The molecule has 0 aliphatic heterocycles. The summed E-state index contributed by atoms with van der Waals surface area (Å²) in [6.07, 6.45) is -3.32. The highest BCUT2D eigenvalue weighted by Gasteiger charge is 2.31. The third-order valence-corrected chi connectivity index (χ3v) is 7.27. The lowest BCUT2D eigenvalue weighted by atomic mass is 9.94. The van der Waals surface area contributed by atoms with Gasteiger partial charge in [0.1, 0.15) is 17.3 Å². The second kappa shape index (κ2) is 13.9. The van der Waals surface area contributed by atoms with Crippen LogP contribution in [-0.2, 0) is 11.3 Å². The van der Waals surface area contributed by atoms with Crippen LogP contribution in [0.3, 0.4) is 0 Å². The minimum atomic E-state index is -1.31. The summed E-state index contributed by atoms with van der Waals surface area (Å²) in [5, 5.41) is 52.4. The average Bonchev–Trinajstić information content (AvgIpc) is 3.30. The van der Waals surface area contributed by atoms with Gasteiger partial charge in [0.15, 0.2) is 11.6 Å². The number of benzene rings is 3. The van der Waals surface area contributed by atoms with Gasteiger partial charge in [-0.15, -0.1) is 0 Å². The van der Waals surface area contributed by atoms with Crippen molar-refractivity contribution >= 4 is 17.6 Å². The van der Waals surface area contributed by atoms with E-state index < -0.39 is 59.6 Å². The van der Waals surface area contributed by atoms with Crippen molar-refractivity contribution in [3.8, 4) is 33.9 Å². The molecule has 0 saturated carbocycles. The van der Waals surface area contributed by atoms with Crippen molar-refractivity contribution in [1.82, 2.24) is 4.57 Å². The summed E-state index contributed by atoms with van der Waals surface area (Å²) in [7, 11) is 0. The van der Waals surface area contributed by atoms with Crippen LogP contribution in [0, 0.1) is 17.5 Å². The Morgan fingerprint density at radius 2 is 1.53 bits per heavy atom. The van der Waals surface area contributed by atoms with Gasteiger partial charge in [-0.25, -0.2) is 13.2 Å². The Bertz CT molecular complexity index is 1700. The summed E-state index contributed by atoms with van der Waals surface area (Å²) in [5.74, 6) is -5.81. The third-order valence-electron chi connectivity index (χ3n) is 7.27. The van der Waals surface area contributed by atoms with Crippen LogP contribution in [0.2, 0.25) is 0 Å². The van der Waals surface area contributed by atoms with Crippen LogP contribution in [0.5, 0.6) is 11.5 Å². The molecule has 238 valence electrons. The van der Waals surface area contributed by atoms with Crippen molar-refractivity contribution in [3.05, 3.63) is 89.4 Å². The maximum absolute atomic E-state index is 14.7. The zero-order chi connectivity index (χ0) is 33.0. The molecule has 45 heavy (non-hydrogen) atoms. The van der Waals surface area contributed by atoms with Crippen LogP contribution in [0.25, 0.3) is 22.4 Å². The second-order valence-electron chi connectivity index (χ2n) is 11.0. The van der Waals surface area contributed by atoms with E-state index in [1.165, 1.54) is 42.5 Å². The number of nitrogens with one attached hydrogen (secondary N) is 1. The molecular formula is C33H33F3N2O7. The summed E-state index contributed by atoms with van der Waals surface area (Å²) < 4.78 is 44.4. The van der Waals surface area contributed by atoms with E-state index in [1.54, 1.807) is 18.4 Å². The number of rotatable bonds is 12. The van der Waals surface area contributed by atoms with E-state index in [1.807, 2.05) is 0 Å². The Labute approximate surface area is 256 Å². The number of aromatic hydroxyl groups is 2. The van der Waals surface area contributed by atoms with Crippen LogP contribution in [0.4, 0.5) is 18.9 Å². The van der Waals surface area contributed by atoms with Crippen molar-refractivity contribution in [2.45, 2.75) is 57.8 Å². The molecule has 2 atom stereocenters. The van der Waals surface area contributed by atoms with Gasteiger partial charge < -0.3 is 35.4 Å². The molecule has 0 aliphatic rings. The first-order valence-electron chi connectivity index (χ1n) is 14.2. The van der Waals surface area contributed by atoms with E-state index in [9.17, 15) is 43.2 Å². The number of carbonyl (C=O) groups excluding carboxylic acids is 1. The molecule has 3 aromatic carbocycles. The first-order valence-corrected chi connectivity index (χ1v) is 14.2. The highest BCUT2D eigenvalue weighted by molar-refractivity contribution is 6.13. The lowest BCUT2D eigenvalue weighted by Crippen LogP contribution is -2.22. The molecule has 9 nitrogen and oxygen atoms in total. The number of carboxylic acid groups (broad SMARTS) is 1. The number of aliphatic hydroxyl groups excluding tert-OH is 2. The van der Waals surface area contributed by atoms with E-state index in [0.29, 0.717) is 11.3 Å². The van der Waals surface area contributed by atoms with Gasteiger partial charge in [0.25, 0.3) is 5.91 Å². The summed E-state index contributed by atoms with van der Waals surface area (Å²) in [6.45, 7) is 3.57. The molecule has 4 rings (SSSR count). The second-order valence-corrected chi connectivity index (χ2v) is 11.0. The van der Waals surface area contributed by atoms with Gasteiger partial charge in [-0.1, -0.05) is 26.0 Å². The van der Waals surface area contributed by atoms with Crippen LogP contribution in [0.1, 0.15) is 55.1 Å². The van der Waals surface area contributed by atoms with Gasteiger partial charge >= 0.3 is 5.97 Å². The number of anilines is 1. The fourth-order valence-corrected chi connectivity index (χ4v) is 5.35. The Hall–Kier alpha value is -4.81. The molecule has 1 amide bonds. The van der Waals surface area contributed by atoms with Crippen molar-refractivity contribution in [1.29, 1.82) is 0 Å². The molecule has 0 saturated heterocycles. The Morgan fingerprint density at radius 1 is 0.867 bits per heavy atom. The molecule has 2 unspecified atom stereocenters. The molecule has 0 spiro atoms. The van der Waals surface area contributed by atoms with Gasteiger partial charge in [-0.2, -0.15) is 0 Å². The Balaban J connectivity index is 1.96. The highest BCUT2D eigenvalue weighted by atomic mass is 19.2. The number of phenols is 2. The van der Waals surface area contributed by atoms with Crippen molar-refractivity contribution < 1.29 is 48.3 Å². The molecule has 1 aromatic heterocycles. The lowest BCUT2D eigenvalue weighted by molar-refractivity contribution is -0.139. The lowest BCUT2D eigenvalue weighted by Gasteiger charge is -2.20. The van der Waals surface area contributed by atoms with Crippen LogP contribution >= 0.6 is 0 Å². The highest BCUT2D eigenvalue weighted by Crippen LogP contribution is 2.43. The quantitative estimate of drug-likeness (QED) is 0.0833. The molecule has 0 bridgehead atoms. The minimum absolute atomic E-state index is 0.00522. The summed E-state index contributed by atoms with van der Waals surface area (Å²) in [4.78, 5) is 25.1. The molecule has 0 aliphatic carbocycles. The van der Waals surface area contributed by atoms with E-state index in [2.05, 4.69) is 5.32 Å². The fraction of sp³-hybridized carbons (Fsp3) is 0.273. The molecule has 0 fully saturated rings. The Morgan fingerprint density at radius 3 is 2.13 bits per heavy atom. The van der Waals surface area contributed by atoms with Gasteiger partial charge in [0, 0.05) is 29.4 Å². The van der Waals surface area contributed by atoms with Gasteiger partial charge in [-0.05, 0) is 66.8 Å². The van der Waals surface area contributed by atoms with E-state index in [4.69, 9.17) is 5.11 Å². The molecular weight excluding hydrogens is 593 g/mol. The normalized spacial score (nSPS) is 12.7. The monoisotopic (exact) mass is 626 g/mol. The largest absolute Gasteiger partial charge is 0.508 e. The topological polar surface area (TPSA) is 152 Å². The first kappa shape index (κ1) is 33.1. The average molecular weight is 627 g/mol. The number of aromatic nitrogens is 1. The molecule has 4 aromatic rings. The molecule has 6 N–H and O–H groups in total. The fourth-order valence-electron chi connectivity index (χ4n) is 5.35. The smallest absolute Gasteiger partial charge is 0.305 e. The molecule has 1 heterocycles. The standard InChI is InChI=1S/C33H33F3N2O7/c1-17(2)31-30(33(45)37-26-10-8-21(39)15-27(26)42)29(18-3-6-20(34)7-4-18)32(19-5-9-24(35)25(36)13-19)38(31)12-11-22(40)14-23(41)16-28(43)44/h3-10,13,15,17,22-23,39-42H,11-12,14,16H2,1-2H3,(H,37,45)(H,43,44). The van der Waals surface area contributed by atoms with Gasteiger partial charge in [0.2, 0.25) is 0 Å². The summed E-state index contributed by atoms with van der Waals surface area (Å²) in [5.41, 5.74) is 1.47. The predicted octanol–water partition coefficient (Wildman–Crippen LogP) is 6.00. The number of carbonyl (C=O) groups is 2. The number of hydrogen-bond acceptors (Lipinski definition) is 6. The summed E-state index contributed by atoms with van der Waals surface area (Å²) in [6, 6.07) is 12.0.